The second-order valence-corrected chi connectivity index (χ2v) is 5.38. The van der Waals surface area contributed by atoms with Crippen molar-refractivity contribution >= 4 is 23.3 Å². The number of hydrogen-bond acceptors (Lipinski definition) is 3. The summed E-state index contributed by atoms with van der Waals surface area (Å²) in [6, 6.07) is 3.79. The van der Waals surface area contributed by atoms with Crippen LogP contribution in [0.5, 0.6) is 0 Å². The number of hydrogen-bond donors (Lipinski definition) is 1. The molecule has 2 amide bonds. The van der Waals surface area contributed by atoms with Crippen molar-refractivity contribution in [2.24, 2.45) is 0 Å². The molecule has 0 radical (unpaired) electrons. The van der Waals surface area contributed by atoms with Gasteiger partial charge in [0, 0.05) is 25.0 Å². The fraction of sp³-hybridized carbons (Fsp3) is 0.538. The molecule has 1 N–H and O–H groups in total. The van der Waals surface area contributed by atoms with Crippen LogP contribution in [0.1, 0.15) is 18.2 Å². The highest BCUT2D eigenvalue weighted by molar-refractivity contribution is 7.09. The first-order chi connectivity index (χ1) is 9.04. The molecule has 6 heteroatoms. The standard InChI is InChI=1S/C13H20N2O3S/c1-3-7-15(10-12(16)17)13(18)14(2)8-6-11-5-4-9-19-11/h4-5,9H,3,6-8,10H2,1-2H3,(H,16,17). The molecule has 5 nitrogen and oxygen atoms in total. The summed E-state index contributed by atoms with van der Waals surface area (Å²) in [7, 11) is 1.71. The lowest BCUT2D eigenvalue weighted by Crippen LogP contribution is -2.44. The van der Waals surface area contributed by atoms with Gasteiger partial charge in [-0.2, -0.15) is 0 Å². The zero-order chi connectivity index (χ0) is 14.3. The predicted octanol–water partition coefficient (Wildman–Crippen LogP) is 2.14. The maximum absolute atomic E-state index is 12.1. The van der Waals surface area contributed by atoms with Gasteiger partial charge in [-0.05, 0) is 24.3 Å². The third-order valence-electron chi connectivity index (χ3n) is 2.69. The number of aliphatic carboxylic acids is 1. The van der Waals surface area contributed by atoms with Crippen molar-refractivity contribution in [3.63, 3.8) is 0 Å². The van der Waals surface area contributed by atoms with Gasteiger partial charge in [0.05, 0.1) is 0 Å². The fourth-order valence-corrected chi connectivity index (χ4v) is 2.44. The number of carbonyl (C=O) groups excluding carboxylic acids is 1. The number of carboxylic acids is 1. The third kappa shape index (κ3) is 5.30. The van der Waals surface area contributed by atoms with Gasteiger partial charge in [0.25, 0.3) is 0 Å². The van der Waals surface area contributed by atoms with Gasteiger partial charge in [0.1, 0.15) is 6.54 Å². The molecule has 0 atom stereocenters. The molecule has 1 heterocycles. The Morgan fingerprint density at radius 3 is 2.63 bits per heavy atom. The summed E-state index contributed by atoms with van der Waals surface area (Å²) >= 11 is 1.66. The largest absolute Gasteiger partial charge is 0.480 e. The van der Waals surface area contributed by atoms with E-state index in [4.69, 9.17) is 5.11 Å². The minimum absolute atomic E-state index is 0.221. The number of thiophene rings is 1. The Hall–Kier alpha value is -1.56. The van der Waals surface area contributed by atoms with Crippen LogP contribution in [0.25, 0.3) is 0 Å². The number of rotatable bonds is 7. The smallest absolute Gasteiger partial charge is 0.323 e. The van der Waals surface area contributed by atoms with Crippen molar-refractivity contribution in [3.8, 4) is 0 Å². The van der Waals surface area contributed by atoms with Gasteiger partial charge in [0.2, 0.25) is 0 Å². The first kappa shape index (κ1) is 15.5. The van der Waals surface area contributed by atoms with E-state index in [2.05, 4.69) is 0 Å². The van der Waals surface area contributed by atoms with Gasteiger partial charge in [-0.1, -0.05) is 13.0 Å². The van der Waals surface area contributed by atoms with E-state index in [9.17, 15) is 9.59 Å². The van der Waals surface area contributed by atoms with Crippen molar-refractivity contribution in [3.05, 3.63) is 22.4 Å². The van der Waals surface area contributed by atoms with E-state index in [0.717, 1.165) is 12.8 Å². The molecule has 1 aromatic rings. The first-order valence-corrected chi connectivity index (χ1v) is 7.16. The molecular formula is C13H20N2O3S. The molecule has 0 saturated heterocycles. The molecule has 0 bridgehead atoms. The highest BCUT2D eigenvalue weighted by atomic mass is 32.1. The lowest BCUT2D eigenvalue weighted by molar-refractivity contribution is -0.137. The van der Waals surface area contributed by atoms with Crippen molar-refractivity contribution in [2.75, 3.05) is 26.7 Å². The third-order valence-corrected chi connectivity index (χ3v) is 3.63. The fourth-order valence-electron chi connectivity index (χ4n) is 1.75. The summed E-state index contributed by atoms with van der Waals surface area (Å²) in [5.41, 5.74) is 0. The highest BCUT2D eigenvalue weighted by Crippen LogP contribution is 2.10. The van der Waals surface area contributed by atoms with Crippen LogP contribution in [-0.4, -0.2) is 53.6 Å². The Balaban J connectivity index is 2.49. The summed E-state index contributed by atoms with van der Waals surface area (Å²) < 4.78 is 0. The number of amides is 2. The van der Waals surface area contributed by atoms with Crippen LogP contribution < -0.4 is 0 Å². The zero-order valence-electron chi connectivity index (χ0n) is 11.3. The maximum Gasteiger partial charge on any atom is 0.323 e. The van der Waals surface area contributed by atoms with E-state index >= 15 is 0 Å². The Labute approximate surface area is 117 Å². The van der Waals surface area contributed by atoms with Gasteiger partial charge in [-0.25, -0.2) is 4.79 Å². The van der Waals surface area contributed by atoms with Gasteiger partial charge in [-0.3, -0.25) is 4.79 Å². The van der Waals surface area contributed by atoms with Crippen molar-refractivity contribution < 1.29 is 14.7 Å². The lowest BCUT2D eigenvalue weighted by atomic mass is 10.3. The highest BCUT2D eigenvalue weighted by Gasteiger charge is 2.19. The number of urea groups is 1. The van der Waals surface area contributed by atoms with E-state index < -0.39 is 5.97 Å². The molecule has 0 saturated carbocycles. The Bertz CT molecular complexity index is 406. The van der Waals surface area contributed by atoms with E-state index in [0.29, 0.717) is 13.1 Å². The van der Waals surface area contributed by atoms with Crippen LogP contribution in [0.3, 0.4) is 0 Å². The normalized spacial score (nSPS) is 10.2. The lowest BCUT2D eigenvalue weighted by Gasteiger charge is -2.26. The molecule has 0 fully saturated rings. The van der Waals surface area contributed by atoms with Gasteiger partial charge in [-0.15, -0.1) is 11.3 Å². The van der Waals surface area contributed by atoms with Gasteiger partial charge < -0.3 is 14.9 Å². The average Bonchev–Trinajstić information content (AvgIpc) is 2.87. The van der Waals surface area contributed by atoms with E-state index in [1.54, 1.807) is 23.3 Å². The molecule has 0 aliphatic rings. The molecule has 106 valence electrons. The number of carbonyl (C=O) groups is 2. The van der Waals surface area contributed by atoms with Crippen LogP contribution in [0.2, 0.25) is 0 Å². The molecule has 0 aliphatic heterocycles. The number of likely N-dealkylation sites (N-methyl/N-ethyl adjacent to an activating group) is 1. The summed E-state index contributed by atoms with van der Waals surface area (Å²) in [5.74, 6) is -0.978. The predicted molar refractivity (Wildman–Crippen MR) is 75.5 cm³/mol. The Kier molecular flexibility index (Phi) is 6.35. The van der Waals surface area contributed by atoms with Crippen molar-refractivity contribution in [2.45, 2.75) is 19.8 Å². The second-order valence-electron chi connectivity index (χ2n) is 4.35. The number of nitrogens with zero attached hydrogens (tertiary/aromatic N) is 2. The SMILES string of the molecule is CCCN(CC(=O)O)C(=O)N(C)CCc1cccs1. The summed E-state index contributed by atoms with van der Waals surface area (Å²) in [4.78, 5) is 27.0. The monoisotopic (exact) mass is 284 g/mol. The van der Waals surface area contributed by atoms with E-state index in [1.807, 2.05) is 24.4 Å². The second kappa shape index (κ2) is 7.78. The van der Waals surface area contributed by atoms with E-state index in [-0.39, 0.29) is 12.6 Å². The summed E-state index contributed by atoms with van der Waals surface area (Å²) in [6.07, 6.45) is 1.55. The number of carboxylic acid groups (broad SMARTS) is 1. The summed E-state index contributed by atoms with van der Waals surface area (Å²) in [6.45, 7) is 2.75. The van der Waals surface area contributed by atoms with Crippen LogP contribution in [0, 0.1) is 0 Å². The van der Waals surface area contributed by atoms with Crippen molar-refractivity contribution in [1.29, 1.82) is 0 Å². The minimum Gasteiger partial charge on any atom is -0.480 e. The minimum atomic E-state index is -0.978. The molecular weight excluding hydrogens is 264 g/mol. The van der Waals surface area contributed by atoms with E-state index in [1.165, 1.54) is 9.78 Å². The van der Waals surface area contributed by atoms with Crippen LogP contribution >= 0.6 is 11.3 Å². The first-order valence-electron chi connectivity index (χ1n) is 6.28. The molecule has 0 aromatic carbocycles. The molecule has 1 rings (SSSR count). The zero-order valence-corrected chi connectivity index (χ0v) is 12.2. The topological polar surface area (TPSA) is 60.9 Å². The summed E-state index contributed by atoms with van der Waals surface area (Å²) in [5, 5.41) is 10.8. The average molecular weight is 284 g/mol. The molecule has 1 aromatic heterocycles. The van der Waals surface area contributed by atoms with Crippen LogP contribution in [-0.2, 0) is 11.2 Å². The Morgan fingerprint density at radius 1 is 1.37 bits per heavy atom. The van der Waals surface area contributed by atoms with Gasteiger partial charge in [0.15, 0.2) is 0 Å². The van der Waals surface area contributed by atoms with Crippen LogP contribution in [0.15, 0.2) is 17.5 Å². The quantitative estimate of drug-likeness (QED) is 0.834. The van der Waals surface area contributed by atoms with Gasteiger partial charge >= 0.3 is 12.0 Å². The molecule has 0 aliphatic carbocycles. The van der Waals surface area contributed by atoms with Crippen LogP contribution in [0.4, 0.5) is 4.79 Å². The maximum atomic E-state index is 12.1. The van der Waals surface area contributed by atoms with Crippen molar-refractivity contribution in [1.82, 2.24) is 9.80 Å². The Morgan fingerprint density at radius 2 is 2.11 bits per heavy atom. The molecule has 19 heavy (non-hydrogen) atoms. The molecule has 0 spiro atoms. The molecule has 0 unspecified atom stereocenters.